The van der Waals surface area contributed by atoms with Gasteiger partial charge in [-0.2, -0.15) is 0 Å². The first-order chi connectivity index (χ1) is 12.3. The van der Waals surface area contributed by atoms with Crippen LogP contribution in [0.25, 0.3) is 33.8 Å². The van der Waals surface area contributed by atoms with Gasteiger partial charge in [0.1, 0.15) is 0 Å². The van der Waals surface area contributed by atoms with Gasteiger partial charge in [0.25, 0.3) is 0 Å². The highest BCUT2D eigenvalue weighted by molar-refractivity contribution is 6.30. The number of halogens is 1. The van der Waals surface area contributed by atoms with Gasteiger partial charge in [0.05, 0.1) is 5.69 Å². The summed E-state index contributed by atoms with van der Waals surface area (Å²) in [5, 5.41) is 0.705. The molecular formula is C22H15ClN2. The molecule has 1 heterocycles. The van der Waals surface area contributed by atoms with E-state index in [0.29, 0.717) is 10.8 Å². The Hall–Kier alpha value is -2.97. The summed E-state index contributed by atoms with van der Waals surface area (Å²) in [6.45, 7) is 0. The molecule has 0 radical (unpaired) electrons. The summed E-state index contributed by atoms with van der Waals surface area (Å²) < 4.78 is 0. The average Bonchev–Trinajstić information content (AvgIpc) is 2.69. The van der Waals surface area contributed by atoms with Gasteiger partial charge in [0.2, 0.25) is 0 Å². The second kappa shape index (κ2) is 6.88. The summed E-state index contributed by atoms with van der Waals surface area (Å²) >= 11 is 5.95. The Labute approximate surface area is 151 Å². The molecule has 4 aromatic rings. The summed E-state index contributed by atoms with van der Waals surface area (Å²) in [5.74, 6) is 0.696. The normalized spacial score (nSPS) is 10.6. The average molecular weight is 343 g/mol. The molecule has 0 aliphatic rings. The van der Waals surface area contributed by atoms with Gasteiger partial charge < -0.3 is 0 Å². The third kappa shape index (κ3) is 3.44. The molecule has 0 saturated carbocycles. The Balaban J connectivity index is 1.66. The molecule has 0 fully saturated rings. The van der Waals surface area contributed by atoms with E-state index in [2.05, 4.69) is 41.4 Å². The predicted molar refractivity (Wildman–Crippen MR) is 103 cm³/mol. The molecule has 0 aliphatic heterocycles. The fourth-order valence-corrected chi connectivity index (χ4v) is 2.85. The van der Waals surface area contributed by atoms with Crippen molar-refractivity contribution in [2.75, 3.05) is 0 Å². The highest BCUT2D eigenvalue weighted by atomic mass is 35.5. The zero-order chi connectivity index (χ0) is 17.1. The van der Waals surface area contributed by atoms with Gasteiger partial charge >= 0.3 is 0 Å². The van der Waals surface area contributed by atoms with Gasteiger partial charge in [-0.3, -0.25) is 0 Å². The minimum atomic E-state index is 0.696. The standard InChI is InChI=1S/C22H15ClN2/c23-20-12-10-19(11-13-20)22-24-15-14-21(25-22)18-8-6-17(7-9-18)16-4-2-1-3-5-16/h1-15H. The van der Waals surface area contributed by atoms with Gasteiger partial charge in [-0.15, -0.1) is 0 Å². The van der Waals surface area contributed by atoms with Crippen molar-refractivity contribution in [2.24, 2.45) is 0 Å². The van der Waals surface area contributed by atoms with Crippen molar-refractivity contribution < 1.29 is 0 Å². The molecule has 1 aromatic heterocycles. The first kappa shape index (κ1) is 15.6. The number of aromatic nitrogens is 2. The van der Waals surface area contributed by atoms with Gasteiger partial charge in [-0.05, 0) is 41.5 Å². The van der Waals surface area contributed by atoms with E-state index in [4.69, 9.17) is 16.6 Å². The highest BCUT2D eigenvalue weighted by Crippen LogP contribution is 2.25. The van der Waals surface area contributed by atoms with Crippen LogP contribution < -0.4 is 0 Å². The van der Waals surface area contributed by atoms with Gasteiger partial charge in [0.15, 0.2) is 5.82 Å². The van der Waals surface area contributed by atoms with Crippen LogP contribution in [0.1, 0.15) is 0 Å². The highest BCUT2D eigenvalue weighted by Gasteiger charge is 2.05. The Morgan fingerprint density at radius 1 is 0.560 bits per heavy atom. The number of hydrogen-bond donors (Lipinski definition) is 0. The molecule has 0 unspecified atom stereocenters. The zero-order valence-corrected chi connectivity index (χ0v) is 14.2. The van der Waals surface area contributed by atoms with E-state index in [1.165, 1.54) is 11.1 Å². The Kier molecular flexibility index (Phi) is 4.28. The molecule has 0 atom stereocenters. The van der Waals surface area contributed by atoms with E-state index in [-0.39, 0.29) is 0 Å². The maximum absolute atomic E-state index is 5.95. The Morgan fingerprint density at radius 3 is 1.88 bits per heavy atom. The van der Waals surface area contributed by atoms with Crippen molar-refractivity contribution in [3.05, 3.63) is 96.1 Å². The van der Waals surface area contributed by atoms with Crippen molar-refractivity contribution in [2.45, 2.75) is 0 Å². The molecule has 4 rings (SSSR count). The van der Waals surface area contributed by atoms with E-state index in [1.54, 1.807) is 6.20 Å². The predicted octanol–water partition coefficient (Wildman–Crippen LogP) is 6.13. The summed E-state index contributed by atoms with van der Waals surface area (Å²) in [6, 6.07) is 28.3. The van der Waals surface area contributed by atoms with Crippen molar-refractivity contribution >= 4 is 11.6 Å². The minimum absolute atomic E-state index is 0.696. The van der Waals surface area contributed by atoms with Gasteiger partial charge in [0, 0.05) is 22.3 Å². The lowest BCUT2D eigenvalue weighted by atomic mass is 10.0. The molecule has 3 heteroatoms. The van der Waals surface area contributed by atoms with Gasteiger partial charge in [-0.25, -0.2) is 9.97 Å². The SMILES string of the molecule is Clc1ccc(-c2nccc(-c3ccc(-c4ccccc4)cc3)n2)cc1. The lowest BCUT2D eigenvalue weighted by Gasteiger charge is -2.06. The maximum Gasteiger partial charge on any atom is 0.159 e. The van der Waals surface area contributed by atoms with Crippen LogP contribution in [0, 0.1) is 0 Å². The monoisotopic (exact) mass is 342 g/mol. The van der Waals surface area contributed by atoms with Crippen LogP contribution in [0.5, 0.6) is 0 Å². The second-order valence-electron chi connectivity index (χ2n) is 5.72. The van der Waals surface area contributed by atoms with Crippen molar-refractivity contribution in [1.29, 1.82) is 0 Å². The van der Waals surface area contributed by atoms with Crippen LogP contribution in [-0.2, 0) is 0 Å². The molecule has 3 aromatic carbocycles. The summed E-state index contributed by atoms with van der Waals surface area (Å²) in [4.78, 5) is 9.07. The van der Waals surface area contributed by atoms with E-state index in [0.717, 1.165) is 16.8 Å². The number of rotatable bonds is 3. The molecule has 2 nitrogen and oxygen atoms in total. The lowest BCUT2D eigenvalue weighted by molar-refractivity contribution is 1.18. The summed E-state index contributed by atoms with van der Waals surface area (Å²) in [5.41, 5.74) is 5.32. The fraction of sp³-hybridized carbons (Fsp3) is 0. The smallest absolute Gasteiger partial charge is 0.159 e. The molecule has 0 aliphatic carbocycles. The van der Waals surface area contributed by atoms with Crippen LogP contribution in [-0.4, -0.2) is 9.97 Å². The largest absolute Gasteiger partial charge is 0.237 e. The first-order valence-corrected chi connectivity index (χ1v) is 8.42. The van der Waals surface area contributed by atoms with Crippen molar-refractivity contribution in [3.8, 4) is 33.8 Å². The summed E-state index contributed by atoms with van der Waals surface area (Å²) in [6.07, 6.45) is 1.79. The van der Waals surface area contributed by atoms with Crippen LogP contribution in [0.3, 0.4) is 0 Å². The van der Waals surface area contributed by atoms with E-state index < -0.39 is 0 Å². The number of benzene rings is 3. The molecule has 0 N–H and O–H groups in total. The quantitative estimate of drug-likeness (QED) is 0.447. The maximum atomic E-state index is 5.95. The van der Waals surface area contributed by atoms with Crippen LogP contribution in [0.2, 0.25) is 5.02 Å². The lowest BCUT2D eigenvalue weighted by Crippen LogP contribution is -1.91. The number of nitrogens with zero attached hydrogens (tertiary/aromatic N) is 2. The number of hydrogen-bond acceptors (Lipinski definition) is 2. The topological polar surface area (TPSA) is 25.8 Å². The van der Waals surface area contributed by atoms with Crippen molar-refractivity contribution in [1.82, 2.24) is 9.97 Å². The van der Waals surface area contributed by atoms with E-state index >= 15 is 0 Å². The van der Waals surface area contributed by atoms with Crippen LogP contribution >= 0.6 is 11.6 Å². The van der Waals surface area contributed by atoms with Crippen LogP contribution in [0.15, 0.2) is 91.1 Å². The fourth-order valence-electron chi connectivity index (χ4n) is 2.72. The zero-order valence-electron chi connectivity index (χ0n) is 13.4. The molecule has 0 spiro atoms. The minimum Gasteiger partial charge on any atom is -0.237 e. The third-order valence-corrected chi connectivity index (χ3v) is 4.30. The van der Waals surface area contributed by atoms with Crippen LogP contribution in [0.4, 0.5) is 0 Å². The summed E-state index contributed by atoms with van der Waals surface area (Å²) in [7, 11) is 0. The molecule has 120 valence electrons. The molecule has 0 amide bonds. The molecule has 0 bridgehead atoms. The molecule has 0 saturated heterocycles. The van der Waals surface area contributed by atoms with E-state index in [1.807, 2.05) is 48.5 Å². The first-order valence-electron chi connectivity index (χ1n) is 8.04. The van der Waals surface area contributed by atoms with Gasteiger partial charge in [-0.1, -0.05) is 66.2 Å². The second-order valence-corrected chi connectivity index (χ2v) is 6.15. The Morgan fingerprint density at radius 2 is 1.16 bits per heavy atom. The van der Waals surface area contributed by atoms with Crippen molar-refractivity contribution in [3.63, 3.8) is 0 Å². The Bertz CT molecular complexity index is 978. The third-order valence-electron chi connectivity index (χ3n) is 4.05. The van der Waals surface area contributed by atoms with E-state index in [9.17, 15) is 0 Å². The molecule has 25 heavy (non-hydrogen) atoms. The molecular weight excluding hydrogens is 328 g/mol.